The van der Waals surface area contributed by atoms with Gasteiger partial charge in [-0.15, -0.1) is 0 Å². The number of nitrogens with one attached hydrogen (secondary N) is 2. The molecule has 234 valence electrons. The monoisotopic (exact) mass is 589 g/mol. The number of hydrogen-bond acceptors (Lipinski definition) is 5. The van der Waals surface area contributed by atoms with Crippen LogP contribution in [0, 0.1) is 61.6 Å². The number of amides is 2. The van der Waals surface area contributed by atoms with Gasteiger partial charge in [-0.2, -0.15) is 5.26 Å². The van der Waals surface area contributed by atoms with Crippen LogP contribution in [-0.4, -0.2) is 36.0 Å². The van der Waals surface area contributed by atoms with E-state index >= 15 is 0 Å². The molecule has 43 heavy (non-hydrogen) atoms. The fourth-order valence-corrected chi connectivity index (χ4v) is 10.7. The summed E-state index contributed by atoms with van der Waals surface area (Å²) in [5.74, 6) is -0.774. The largest absolute Gasteiger partial charge is 0.352 e. The van der Waals surface area contributed by atoms with Gasteiger partial charge in [-0.1, -0.05) is 60.1 Å². The van der Waals surface area contributed by atoms with Crippen LogP contribution in [0.2, 0.25) is 0 Å². The number of nitrogens with zero attached hydrogens (tertiary/aromatic N) is 1. The minimum atomic E-state index is -0.702. The predicted molar refractivity (Wildman–Crippen MR) is 165 cm³/mol. The summed E-state index contributed by atoms with van der Waals surface area (Å²) in [5.41, 5.74) is -1.43. The smallest absolute Gasteiger partial charge is 0.239 e. The molecule has 5 aliphatic carbocycles. The van der Waals surface area contributed by atoms with Crippen molar-refractivity contribution < 1.29 is 19.2 Å². The third-order valence-electron chi connectivity index (χ3n) is 13.2. The second-order valence-electron chi connectivity index (χ2n) is 16.8. The maximum absolute atomic E-state index is 14.6. The molecule has 2 N–H and O–H groups in total. The van der Waals surface area contributed by atoms with E-state index in [9.17, 15) is 24.4 Å². The van der Waals surface area contributed by atoms with Crippen LogP contribution < -0.4 is 10.6 Å². The quantitative estimate of drug-likeness (QED) is 0.427. The molecule has 0 heterocycles. The molecule has 0 saturated heterocycles. The first-order valence-electron chi connectivity index (χ1n) is 16.3. The summed E-state index contributed by atoms with van der Waals surface area (Å²) in [4.78, 5) is 54.5. The van der Waals surface area contributed by atoms with Gasteiger partial charge in [-0.25, -0.2) is 0 Å². The van der Waals surface area contributed by atoms with Gasteiger partial charge in [0.1, 0.15) is 6.07 Å². The van der Waals surface area contributed by atoms with E-state index in [0.717, 1.165) is 37.7 Å². The van der Waals surface area contributed by atoms with Crippen molar-refractivity contribution >= 4 is 23.4 Å². The number of fused-ring (bicyclic) bond motifs is 7. The van der Waals surface area contributed by atoms with Gasteiger partial charge in [0.25, 0.3) is 0 Å². The molecule has 2 amide bonds. The van der Waals surface area contributed by atoms with E-state index in [1.54, 1.807) is 0 Å². The minimum absolute atomic E-state index is 0.00377. The first kappa shape index (κ1) is 31.7. The highest BCUT2D eigenvalue weighted by atomic mass is 16.2. The molecule has 0 aromatic carbocycles. The highest BCUT2D eigenvalue weighted by molar-refractivity contribution is 6.04. The summed E-state index contributed by atoms with van der Waals surface area (Å²) in [6.45, 7) is 18.9. The summed E-state index contributed by atoms with van der Waals surface area (Å²) in [6.07, 6.45) is 9.24. The van der Waals surface area contributed by atoms with Gasteiger partial charge in [0.15, 0.2) is 11.6 Å². The summed E-state index contributed by atoms with van der Waals surface area (Å²) in [7, 11) is 0. The molecule has 5 aliphatic rings. The molecule has 2 unspecified atom stereocenters. The van der Waals surface area contributed by atoms with E-state index < -0.39 is 16.2 Å². The van der Waals surface area contributed by atoms with E-state index in [1.165, 1.54) is 0 Å². The van der Waals surface area contributed by atoms with Gasteiger partial charge < -0.3 is 10.6 Å². The van der Waals surface area contributed by atoms with Gasteiger partial charge >= 0.3 is 0 Å². The van der Waals surface area contributed by atoms with Crippen molar-refractivity contribution in [1.82, 2.24) is 10.6 Å². The van der Waals surface area contributed by atoms with Crippen LogP contribution in [0.15, 0.2) is 23.3 Å². The lowest BCUT2D eigenvalue weighted by Crippen LogP contribution is -2.66. The number of carbonyl (C=O) groups is 4. The fourth-order valence-electron chi connectivity index (χ4n) is 10.7. The standard InChI is InChI=1S/C36H51N3O4/c1-21(2)39-27(41)20-38-30(43)36-14-12-31(3,4)18-23(36)28-24(40)16-26-33(7)17-22(19-37)29(42)32(5,6)25(33)10-11-34(26,8)35(28,9)13-15-36/h16-17,21,23,25,28H,10-15,18,20H2,1-9H3,(H,38,43)(H,39,41)/t23?,25-,28?,33-,34+,35+,36-/m0/s1. The van der Waals surface area contributed by atoms with Crippen molar-refractivity contribution in [3.63, 3.8) is 0 Å². The number of Topliss-reactive ketones (excluding diaryl/α,β-unsaturated/α-hetero) is 1. The van der Waals surface area contributed by atoms with Crippen molar-refractivity contribution in [3.8, 4) is 6.07 Å². The molecule has 5 rings (SSSR count). The summed E-state index contributed by atoms with van der Waals surface area (Å²) >= 11 is 0. The molecule has 0 aromatic rings. The minimum Gasteiger partial charge on any atom is -0.352 e. The van der Waals surface area contributed by atoms with Crippen LogP contribution in [0.4, 0.5) is 0 Å². The average Bonchev–Trinajstić information content (AvgIpc) is 2.90. The van der Waals surface area contributed by atoms with Crippen molar-refractivity contribution in [1.29, 1.82) is 5.26 Å². The molecule has 7 atom stereocenters. The van der Waals surface area contributed by atoms with Gasteiger partial charge in [0, 0.05) is 22.8 Å². The van der Waals surface area contributed by atoms with E-state index in [1.807, 2.05) is 39.8 Å². The lowest BCUT2D eigenvalue weighted by molar-refractivity contribution is -0.178. The molecule has 0 aromatic heterocycles. The van der Waals surface area contributed by atoms with E-state index in [-0.39, 0.29) is 75.5 Å². The number of nitriles is 1. The lowest BCUT2D eigenvalue weighted by Gasteiger charge is -2.69. The zero-order chi connectivity index (χ0) is 32.0. The number of rotatable bonds is 4. The molecule has 0 spiro atoms. The Morgan fingerprint density at radius 3 is 2.28 bits per heavy atom. The Balaban J connectivity index is 1.59. The molecule has 0 radical (unpaired) electrons. The van der Waals surface area contributed by atoms with Crippen molar-refractivity contribution in [3.05, 3.63) is 23.3 Å². The van der Waals surface area contributed by atoms with Crippen LogP contribution in [0.1, 0.15) is 107 Å². The third kappa shape index (κ3) is 4.40. The Kier molecular flexibility index (Phi) is 7.27. The highest BCUT2D eigenvalue weighted by Gasteiger charge is 2.70. The third-order valence-corrected chi connectivity index (χ3v) is 13.2. The number of allylic oxidation sites excluding steroid dienone is 4. The number of hydrogen-bond donors (Lipinski definition) is 2. The fraction of sp³-hybridized carbons (Fsp3) is 0.750. The van der Waals surface area contributed by atoms with Crippen LogP contribution in [0.25, 0.3) is 0 Å². The Labute approximate surface area is 257 Å². The maximum Gasteiger partial charge on any atom is 0.239 e. The summed E-state index contributed by atoms with van der Waals surface area (Å²) < 4.78 is 0. The van der Waals surface area contributed by atoms with Crippen LogP contribution in [0.5, 0.6) is 0 Å². The zero-order valence-electron chi connectivity index (χ0n) is 27.7. The van der Waals surface area contributed by atoms with Crippen LogP contribution >= 0.6 is 0 Å². The van der Waals surface area contributed by atoms with Crippen molar-refractivity contribution in [2.45, 2.75) is 113 Å². The molecule has 0 bridgehead atoms. The molecular formula is C36H51N3O4. The second-order valence-corrected chi connectivity index (χ2v) is 16.8. The SMILES string of the molecule is CC(C)NC(=O)CNC(=O)[C@]12CCC(C)(C)CC1C1C(=O)C=C3[C@@]4(C)C=C(C#N)C(=O)C(C)(C)[C@@H]4CC[C@@]3(C)[C@]1(C)CC2. The lowest BCUT2D eigenvalue weighted by atomic mass is 9.34. The normalized spacial score (nSPS) is 40.9. The Hall–Kier alpha value is -2.75. The van der Waals surface area contributed by atoms with Crippen molar-refractivity contribution in [2.24, 2.45) is 50.2 Å². The molecule has 3 fully saturated rings. The summed E-state index contributed by atoms with van der Waals surface area (Å²) in [6, 6.07) is 2.17. The van der Waals surface area contributed by atoms with Gasteiger partial charge in [-0.3, -0.25) is 19.2 Å². The van der Waals surface area contributed by atoms with Gasteiger partial charge in [-0.05, 0) is 93.0 Å². The molecule has 7 heteroatoms. The van der Waals surface area contributed by atoms with Crippen LogP contribution in [-0.2, 0) is 19.2 Å². The first-order valence-corrected chi connectivity index (χ1v) is 16.3. The number of carbonyl (C=O) groups excluding carboxylic acids is 4. The molecule has 0 aliphatic heterocycles. The molecule has 7 nitrogen and oxygen atoms in total. The Morgan fingerprint density at radius 2 is 1.65 bits per heavy atom. The van der Waals surface area contributed by atoms with E-state index in [0.29, 0.717) is 12.8 Å². The Morgan fingerprint density at radius 1 is 1.00 bits per heavy atom. The highest BCUT2D eigenvalue weighted by Crippen LogP contribution is 2.74. The first-order chi connectivity index (χ1) is 19.8. The van der Waals surface area contributed by atoms with Gasteiger partial charge in [0.05, 0.1) is 17.5 Å². The van der Waals surface area contributed by atoms with Crippen LogP contribution in [0.3, 0.4) is 0 Å². The second kappa shape index (κ2) is 9.88. The molecular weight excluding hydrogens is 538 g/mol. The number of ketones is 2. The van der Waals surface area contributed by atoms with Gasteiger partial charge in [0.2, 0.25) is 11.8 Å². The van der Waals surface area contributed by atoms with E-state index in [4.69, 9.17) is 0 Å². The molecule has 3 saturated carbocycles. The van der Waals surface area contributed by atoms with E-state index in [2.05, 4.69) is 51.3 Å². The topological polar surface area (TPSA) is 116 Å². The summed E-state index contributed by atoms with van der Waals surface area (Å²) in [5, 5.41) is 15.8. The Bertz CT molecular complexity index is 1380. The zero-order valence-corrected chi connectivity index (χ0v) is 27.7. The average molecular weight is 590 g/mol. The predicted octanol–water partition coefficient (Wildman–Crippen LogP) is 5.85. The maximum atomic E-state index is 14.6. The van der Waals surface area contributed by atoms with Crippen molar-refractivity contribution in [2.75, 3.05) is 6.54 Å².